The zero-order chi connectivity index (χ0) is 10.7. The third-order valence-corrected chi connectivity index (χ3v) is 2.62. The maximum absolute atomic E-state index is 8.68. The molecule has 0 bridgehead atoms. The number of hydrogen-bond donors (Lipinski definition) is 1. The third kappa shape index (κ3) is 2.30. The Bertz CT molecular complexity index is 512. The van der Waals surface area contributed by atoms with Crippen LogP contribution in [0.3, 0.4) is 0 Å². The van der Waals surface area contributed by atoms with Crippen molar-refractivity contribution in [3.05, 3.63) is 35.1 Å². The maximum atomic E-state index is 8.68. The van der Waals surface area contributed by atoms with Gasteiger partial charge < -0.3 is 5.32 Å². The molecule has 0 aromatic carbocycles. The van der Waals surface area contributed by atoms with Gasteiger partial charge in [-0.2, -0.15) is 5.26 Å². The standard InChI is InChI=1S/C10H8N4S/c1-7-6-15-10(13-7)14-8-2-3-12-9(4-8)5-11/h2-4,6H,1H3,(H,12,13,14). The quantitative estimate of drug-likeness (QED) is 0.837. The van der Waals surface area contributed by atoms with Crippen molar-refractivity contribution in [3.8, 4) is 6.07 Å². The Morgan fingerprint density at radius 3 is 3.07 bits per heavy atom. The summed E-state index contributed by atoms with van der Waals surface area (Å²) >= 11 is 1.53. The van der Waals surface area contributed by atoms with Gasteiger partial charge >= 0.3 is 0 Å². The SMILES string of the molecule is Cc1csc(Nc2ccnc(C#N)c2)n1. The minimum absolute atomic E-state index is 0.397. The van der Waals surface area contributed by atoms with Crippen molar-refractivity contribution in [1.82, 2.24) is 9.97 Å². The van der Waals surface area contributed by atoms with E-state index in [4.69, 9.17) is 5.26 Å². The molecular weight excluding hydrogens is 208 g/mol. The van der Waals surface area contributed by atoms with Gasteiger partial charge in [0.15, 0.2) is 5.13 Å². The molecule has 0 aliphatic rings. The van der Waals surface area contributed by atoms with E-state index in [9.17, 15) is 0 Å². The molecule has 0 amide bonds. The maximum Gasteiger partial charge on any atom is 0.187 e. The topological polar surface area (TPSA) is 61.6 Å². The Kier molecular flexibility index (Phi) is 2.61. The van der Waals surface area contributed by atoms with Crippen LogP contribution in [-0.4, -0.2) is 9.97 Å². The molecule has 0 aliphatic heterocycles. The van der Waals surface area contributed by atoms with Crippen LogP contribution in [0.1, 0.15) is 11.4 Å². The highest BCUT2D eigenvalue weighted by Gasteiger charge is 2.00. The van der Waals surface area contributed by atoms with E-state index in [-0.39, 0.29) is 0 Å². The summed E-state index contributed by atoms with van der Waals surface area (Å²) in [4.78, 5) is 8.15. The lowest BCUT2D eigenvalue weighted by molar-refractivity contribution is 1.24. The van der Waals surface area contributed by atoms with E-state index in [1.54, 1.807) is 18.3 Å². The van der Waals surface area contributed by atoms with Gasteiger partial charge in [-0.25, -0.2) is 9.97 Å². The van der Waals surface area contributed by atoms with Gasteiger partial charge in [0, 0.05) is 17.3 Å². The van der Waals surface area contributed by atoms with Crippen molar-refractivity contribution >= 4 is 22.2 Å². The van der Waals surface area contributed by atoms with Crippen LogP contribution in [0.5, 0.6) is 0 Å². The second kappa shape index (κ2) is 4.07. The second-order valence-corrected chi connectivity index (χ2v) is 3.82. The second-order valence-electron chi connectivity index (χ2n) is 2.96. The first-order valence-electron chi connectivity index (χ1n) is 4.33. The van der Waals surface area contributed by atoms with E-state index >= 15 is 0 Å². The Balaban J connectivity index is 2.21. The largest absolute Gasteiger partial charge is 0.331 e. The molecule has 0 fully saturated rings. The molecule has 4 nitrogen and oxygen atoms in total. The van der Waals surface area contributed by atoms with Gasteiger partial charge in [0.2, 0.25) is 0 Å². The number of rotatable bonds is 2. The van der Waals surface area contributed by atoms with Gasteiger partial charge in [-0.3, -0.25) is 0 Å². The van der Waals surface area contributed by atoms with Crippen molar-refractivity contribution in [2.24, 2.45) is 0 Å². The number of anilines is 2. The average molecular weight is 216 g/mol. The molecule has 0 aliphatic carbocycles. The Labute approximate surface area is 91.2 Å². The summed E-state index contributed by atoms with van der Waals surface area (Å²) in [5.41, 5.74) is 2.21. The van der Waals surface area contributed by atoms with Crippen LogP contribution in [-0.2, 0) is 0 Å². The molecule has 0 spiro atoms. The lowest BCUT2D eigenvalue weighted by atomic mass is 10.3. The van der Waals surface area contributed by atoms with Gasteiger partial charge in [-0.1, -0.05) is 0 Å². The summed E-state index contributed by atoms with van der Waals surface area (Å²) in [7, 11) is 0. The molecule has 0 unspecified atom stereocenters. The van der Waals surface area contributed by atoms with Gasteiger partial charge in [0.25, 0.3) is 0 Å². The summed E-state index contributed by atoms with van der Waals surface area (Å²) in [5.74, 6) is 0. The summed E-state index contributed by atoms with van der Waals surface area (Å²) in [5, 5.41) is 14.6. The number of aryl methyl sites for hydroxylation is 1. The Morgan fingerprint density at radius 1 is 1.53 bits per heavy atom. The van der Waals surface area contributed by atoms with Crippen LogP contribution in [0.4, 0.5) is 10.8 Å². The number of thiazole rings is 1. The molecule has 2 heterocycles. The van der Waals surface area contributed by atoms with Crippen LogP contribution in [0.15, 0.2) is 23.7 Å². The fourth-order valence-electron chi connectivity index (χ4n) is 1.10. The minimum atomic E-state index is 0.397. The predicted molar refractivity (Wildman–Crippen MR) is 59.1 cm³/mol. The van der Waals surface area contributed by atoms with Crippen molar-refractivity contribution in [1.29, 1.82) is 5.26 Å². The summed E-state index contributed by atoms with van der Waals surface area (Å²) in [6.45, 7) is 1.94. The van der Waals surface area contributed by atoms with Crippen LogP contribution in [0.2, 0.25) is 0 Å². The van der Waals surface area contributed by atoms with E-state index in [1.807, 2.05) is 18.4 Å². The van der Waals surface area contributed by atoms with Crippen molar-refractivity contribution < 1.29 is 0 Å². The van der Waals surface area contributed by atoms with Crippen LogP contribution >= 0.6 is 11.3 Å². The highest BCUT2D eigenvalue weighted by Crippen LogP contribution is 2.20. The van der Waals surface area contributed by atoms with Crippen molar-refractivity contribution in [2.75, 3.05) is 5.32 Å². The minimum Gasteiger partial charge on any atom is -0.331 e. The molecule has 5 heteroatoms. The number of aromatic nitrogens is 2. The lowest BCUT2D eigenvalue weighted by Crippen LogP contribution is -1.91. The third-order valence-electron chi connectivity index (χ3n) is 1.74. The van der Waals surface area contributed by atoms with Crippen molar-refractivity contribution in [3.63, 3.8) is 0 Å². The summed E-state index contributed by atoms with van der Waals surface area (Å²) in [6, 6.07) is 5.48. The van der Waals surface area contributed by atoms with Crippen LogP contribution < -0.4 is 5.32 Å². The van der Waals surface area contributed by atoms with Gasteiger partial charge in [-0.15, -0.1) is 11.3 Å². The Morgan fingerprint density at radius 2 is 2.40 bits per heavy atom. The van der Waals surface area contributed by atoms with Crippen LogP contribution in [0, 0.1) is 18.3 Å². The number of nitrogens with zero attached hydrogens (tertiary/aromatic N) is 3. The molecule has 2 rings (SSSR count). The first-order chi connectivity index (χ1) is 7.28. The van der Waals surface area contributed by atoms with Gasteiger partial charge in [-0.05, 0) is 19.1 Å². The van der Waals surface area contributed by atoms with Gasteiger partial charge in [0.1, 0.15) is 11.8 Å². The number of nitriles is 1. The molecular formula is C10H8N4S. The number of pyridine rings is 1. The molecule has 0 saturated heterocycles. The smallest absolute Gasteiger partial charge is 0.187 e. The van der Waals surface area contributed by atoms with E-state index in [2.05, 4.69) is 15.3 Å². The number of hydrogen-bond acceptors (Lipinski definition) is 5. The fourth-order valence-corrected chi connectivity index (χ4v) is 1.81. The normalized spacial score (nSPS) is 9.60. The average Bonchev–Trinajstić information content (AvgIpc) is 2.64. The molecule has 0 radical (unpaired) electrons. The van der Waals surface area contributed by atoms with Crippen LogP contribution in [0.25, 0.3) is 0 Å². The molecule has 0 atom stereocenters. The molecule has 74 valence electrons. The van der Waals surface area contributed by atoms with E-state index in [0.717, 1.165) is 16.5 Å². The highest BCUT2D eigenvalue weighted by molar-refractivity contribution is 7.13. The molecule has 2 aromatic heterocycles. The molecule has 2 aromatic rings. The lowest BCUT2D eigenvalue weighted by Gasteiger charge is -2.01. The zero-order valence-electron chi connectivity index (χ0n) is 8.06. The first-order valence-corrected chi connectivity index (χ1v) is 5.21. The zero-order valence-corrected chi connectivity index (χ0v) is 8.88. The van der Waals surface area contributed by atoms with E-state index in [0.29, 0.717) is 5.69 Å². The first kappa shape index (κ1) is 9.62. The highest BCUT2D eigenvalue weighted by atomic mass is 32.1. The molecule has 1 N–H and O–H groups in total. The monoisotopic (exact) mass is 216 g/mol. The molecule has 15 heavy (non-hydrogen) atoms. The van der Waals surface area contributed by atoms with Crippen molar-refractivity contribution in [2.45, 2.75) is 6.92 Å². The van der Waals surface area contributed by atoms with E-state index in [1.165, 1.54) is 11.3 Å². The van der Waals surface area contributed by atoms with E-state index < -0.39 is 0 Å². The summed E-state index contributed by atoms with van der Waals surface area (Å²) < 4.78 is 0. The predicted octanol–water partition coefficient (Wildman–Crippen LogP) is 2.46. The Hall–Kier alpha value is -1.93. The summed E-state index contributed by atoms with van der Waals surface area (Å²) in [6.07, 6.45) is 1.60. The number of nitrogens with one attached hydrogen (secondary N) is 1. The fraction of sp³-hybridized carbons (Fsp3) is 0.100. The molecule has 0 saturated carbocycles. The van der Waals surface area contributed by atoms with Gasteiger partial charge in [0.05, 0.1) is 5.69 Å².